The Bertz CT molecular complexity index is 867. The molecule has 23 heavy (non-hydrogen) atoms. The Morgan fingerprint density at radius 1 is 1.00 bits per heavy atom. The van der Waals surface area contributed by atoms with Gasteiger partial charge in [-0.1, -0.05) is 35.9 Å². The zero-order valence-electron chi connectivity index (χ0n) is 13.7. The summed E-state index contributed by atoms with van der Waals surface area (Å²) in [7, 11) is 0. The molecule has 0 bridgehead atoms. The van der Waals surface area contributed by atoms with E-state index in [0.717, 1.165) is 33.4 Å². The first-order valence-electron chi connectivity index (χ1n) is 7.76. The number of hydrogen-bond acceptors (Lipinski definition) is 2. The predicted molar refractivity (Wildman–Crippen MR) is 94.7 cm³/mol. The van der Waals surface area contributed by atoms with Gasteiger partial charge in [0, 0.05) is 16.8 Å². The molecule has 0 spiro atoms. The minimum absolute atomic E-state index is 0.0165. The van der Waals surface area contributed by atoms with Gasteiger partial charge in [0.05, 0.1) is 11.9 Å². The number of aromatic nitrogens is 1. The molecule has 2 aromatic carbocycles. The monoisotopic (exact) mass is 304 g/mol. The summed E-state index contributed by atoms with van der Waals surface area (Å²) in [6.45, 7) is 6.05. The van der Waals surface area contributed by atoms with Crippen molar-refractivity contribution in [1.82, 2.24) is 4.98 Å². The summed E-state index contributed by atoms with van der Waals surface area (Å²) >= 11 is 0. The van der Waals surface area contributed by atoms with E-state index in [1.165, 1.54) is 5.56 Å². The van der Waals surface area contributed by atoms with Gasteiger partial charge in [0.1, 0.15) is 0 Å². The van der Waals surface area contributed by atoms with E-state index in [1.54, 1.807) is 0 Å². The summed E-state index contributed by atoms with van der Waals surface area (Å²) in [6, 6.07) is 15.9. The Balaban J connectivity index is 1.86. The van der Waals surface area contributed by atoms with Gasteiger partial charge in [-0.3, -0.25) is 9.78 Å². The van der Waals surface area contributed by atoms with Crippen molar-refractivity contribution in [3.05, 3.63) is 70.9 Å². The van der Waals surface area contributed by atoms with Crippen LogP contribution in [-0.2, 0) is 11.2 Å². The molecular formula is C20H20N2O. The molecule has 3 aromatic rings. The van der Waals surface area contributed by atoms with E-state index in [9.17, 15) is 4.79 Å². The molecule has 0 radical (unpaired) electrons. The van der Waals surface area contributed by atoms with Crippen molar-refractivity contribution >= 4 is 22.5 Å². The highest BCUT2D eigenvalue weighted by Crippen LogP contribution is 2.23. The van der Waals surface area contributed by atoms with E-state index >= 15 is 0 Å². The first-order chi connectivity index (χ1) is 11.0. The van der Waals surface area contributed by atoms with Crippen molar-refractivity contribution in [2.75, 3.05) is 5.32 Å². The van der Waals surface area contributed by atoms with E-state index in [0.29, 0.717) is 6.42 Å². The van der Waals surface area contributed by atoms with Gasteiger partial charge in [0.15, 0.2) is 0 Å². The molecule has 3 heteroatoms. The first kappa shape index (κ1) is 15.2. The van der Waals surface area contributed by atoms with Crippen LogP contribution in [0.4, 0.5) is 5.69 Å². The van der Waals surface area contributed by atoms with Crippen LogP contribution in [0.2, 0.25) is 0 Å². The molecule has 116 valence electrons. The average molecular weight is 304 g/mol. The van der Waals surface area contributed by atoms with Crippen LogP contribution in [-0.4, -0.2) is 10.9 Å². The number of carbonyl (C=O) groups is 1. The normalized spacial score (nSPS) is 10.7. The number of amides is 1. The molecule has 3 rings (SSSR count). The zero-order valence-corrected chi connectivity index (χ0v) is 13.7. The Hall–Kier alpha value is -2.68. The summed E-state index contributed by atoms with van der Waals surface area (Å²) in [4.78, 5) is 17.0. The lowest BCUT2D eigenvalue weighted by Gasteiger charge is -2.12. The molecule has 1 N–H and O–H groups in total. The summed E-state index contributed by atoms with van der Waals surface area (Å²) in [5.74, 6) is -0.0165. The van der Waals surface area contributed by atoms with E-state index in [-0.39, 0.29) is 5.91 Å². The van der Waals surface area contributed by atoms with Crippen molar-refractivity contribution in [3.8, 4) is 0 Å². The maximum absolute atomic E-state index is 12.4. The van der Waals surface area contributed by atoms with E-state index in [2.05, 4.69) is 23.3 Å². The number of pyridine rings is 1. The van der Waals surface area contributed by atoms with Gasteiger partial charge in [-0.2, -0.15) is 0 Å². The van der Waals surface area contributed by atoms with E-state index in [1.807, 2.05) is 56.3 Å². The number of hydrogen-bond donors (Lipinski definition) is 1. The minimum atomic E-state index is -0.0165. The molecule has 0 fully saturated rings. The third-order valence-corrected chi connectivity index (χ3v) is 4.16. The molecule has 0 saturated heterocycles. The molecule has 0 unspecified atom stereocenters. The van der Waals surface area contributed by atoms with Gasteiger partial charge in [0.25, 0.3) is 0 Å². The highest BCUT2D eigenvalue weighted by atomic mass is 16.1. The predicted octanol–water partition coefficient (Wildman–Crippen LogP) is 4.34. The van der Waals surface area contributed by atoms with Crippen LogP contribution in [0, 0.1) is 20.8 Å². The van der Waals surface area contributed by atoms with Crippen molar-refractivity contribution in [3.63, 3.8) is 0 Å². The second kappa shape index (κ2) is 6.21. The summed E-state index contributed by atoms with van der Waals surface area (Å²) in [6.07, 6.45) is 0.337. The average Bonchev–Trinajstić information content (AvgIpc) is 2.54. The topological polar surface area (TPSA) is 42.0 Å². The SMILES string of the molecule is Cc1ccc(NC(=O)Cc2c(C)nc3ccccc3c2C)cc1. The Kier molecular flexibility index (Phi) is 4.11. The number of rotatable bonds is 3. The lowest BCUT2D eigenvalue weighted by molar-refractivity contribution is -0.115. The van der Waals surface area contributed by atoms with Crippen molar-refractivity contribution in [2.45, 2.75) is 27.2 Å². The van der Waals surface area contributed by atoms with Crippen LogP contribution < -0.4 is 5.32 Å². The second-order valence-electron chi connectivity index (χ2n) is 5.91. The third-order valence-electron chi connectivity index (χ3n) is 4.16. The van der Waals surface area contributed by atoms with Crippen molar-refractivity contribution < 1.29 is 4.79 Å². The highest BCUT2D eigenvalue weighted by Gasteiger charge is 2.13. The van der Waals surface area contributed by atoms with Crippen LogP contribution in [0.3, 0.4) is 0 Å². The molecule has 0 aliphatic carbocycles. The Morgan fingerprint density at radius 2 is 1.70 bits per heavy atom. The largest absolute Gasteiger partial charge is 0.326 e. The van der Waals surface area contributed by atoms with Gasteiger partial charge in [-0.25, -0.2) is 0 Å². The van der Waals surface area contributed by atoms with Gasteiger partial charge in [0.2, 0.25) is 5.91 Å². The van der Waals surface area contributed by atoms with Crippen LogP contribution in [0.15, 0.2) is 48.5 Å². The molecule has 0 aliphatic heterocycles. The van der Waals surface area contributed by atoms with Gasteiger partial charge in [-0.15, -0.1) is 0 Å². The lowest BCUT2D eigenvalue weighted by atomic mass is 9.99. The number of aryl methyl sites for hydroxylation is 3. The van der Waals surface area contributed by atoms with Gasteiger partial charge >= 0.3 is 0 Å². The van der Waals surface area contributed by atoms with Crippen molar-refractivity contribution in [2.24, 2.45) is 0 Å². The fraction of sp³-hybridized carbons (Fsp3) is 0.200. The van der Waals surface area contributed by atoms with Gasteiger partial charge < -0.3 is 5.32 Å². The number of nitrogens with one attached hydrogen (secondary N) is 1. The summed E-state index contributed by atoms with van der Waals surface area (Å²) < 4.78 is 0. The maximum Gasteiger partial charge on any atom is 0.228 e. The molecule has 0 aliphatic rings. The fourth-order valence-corrected chi connectivity index (χ4v) is 2.83. The molecule has 1 amide bonds. The van der Waals surface area contributed by atoms with Crippen LogP contribution in [0.25, 0.3) is 10.9 Å². The number of anilines is 1. The maximum atomic E-state index is 12.4. The molecule has 1 heterocycles. The lowest BCUT2D eigenvalue weighted by Crippen LogP contribution is -2.16. The zero-order chi connectivity index (χ0) is 16.4. The standard InChI is InChI=1S/C20H20N2O/c1-13-8-10-16(11-9-13)22-20(23)12-18-14(2)17-6-4-5-7-19(17)21-15(18)3/h4-11H,12H2,1-3H3,(H,22,23). The number of benzene rings is 2. The van der Waals surface area contributed by atoms with Gasteiger partial charge in [-0.05, 0) is 50.1 Å². The summed E-state index contributed by atoms with van der Waals surface area (Å²) in [5.41, 5.74) is 6.03. The smallest absolute Gasteiger partial charge is 0.228 e. The van der Waals surface area contributed by atoms with Crippen LogP contribution in [0.1, 0.15) is 22.4 Å². The van der Waals surface area contributed by atoms with E-state index < -0.39 is 0 Å². The molecular weight excluding hydrogens is 284 g/mol. The number of para-hydroxylation sites is 1. The quantitative estimate of drug-likeness (QED) is 0.782. The second-order valence-corrected chi connectivity index (χ2v) is 5.91. The van der Waals surface area contributed by atoms with Crippen LogP contribution >= 0.6 is 0 Å². The number of fused-ring (bicyclic) bond motifs is 1. The Labute approximate surface area is 136 Å². The first-order valence-corrected chi connectivity index (χ1v) is 7.76. The minimum Gasteiger partial charge on any atom is -0.326 e. The Morgan fingerprint density at radius 3 is 2.43 bits per heavy atom. The molecule has 1 aromatic heterocycles. The molecule has 3 nitrogen and oxygen atoms in total. The summed E-state index contributed by atoms with van der Waals surface area (Å²) in [5, 5.41) is 4.06. The fourth-order valence-electron chi connectivity index (χ4n) is 2.83. The van der Waals surface area contributed by atoms with Crippen LogP contribution in [0.5, 0.6) is 0 Å². The number of nitrogens with zero attached hydrogens (tertiary/aromatic N) is 1. The van der Waals surface area contributed by atoms with Crippen molar-refractivity contribution in [1.29, 1.82) is 0 Å². The number of carbonyl (C=O) groups excluding carboxylic acids is 1. The highest BCUT2D eigenvalue weighted by molar-refractivity contribution is 5.94. The third kappa shape index (κ3) is 3.24. The van der Waals surface area contributed by atoms with E-state index in [4.69, 9.17) is 0 Å². The molecule has 0 atom stereocenters. The molecule has 0 saturated carbocycles.